The predicted molar refractivity (Wildman–Crippen MR) is 125 cm³/mol. The minimum absolute atomic E-state index is 0.00237. The van der Waals surface area contributed by atoms with Crippen molar-refractivity contribution in [3.8, 4) is 0 Å². The third-order valence-corrected chi connectivity index (χ3v) is 6.77. The molecule has 3 aromatic rings. The van der Waals surface area contributed by atoms with Crippen LogP contribution in [0.4, 0.5) is 4.39 Å². The molecule has 1 fully saturated rings. The van der Waals surface area contributed by atoms with Crippen molar-refractivity contribution in [1.82, 2.24) is 19.6 Å². The number of aryl methyl sites for hydroxylation is 1. The molecule has 1 N–H and O–H groups in total. The van der Waals surface area contributed by atoms with Gasteiger partial charge in [0.05, 0.1) is 5.69 Å². The molecule has 178 valence electrons. The number of nitrogens with zero attached hydrogens (tertiary/aromatic N) is 4. The largest absolute Gasteiger partial charge is 0.385 e. The van der Waals surface area contributed by atoms with E-state index in [1.807, 2.05) is 20.8 Å². The maximum Gasteiger partial charge on any atom is 0.257 e. The van der Waals surface area contributed by atoms with Crippen LogP contribution in [0.2, 0.25) is 0 Å². The summed E-state index contributed by atoms with van der Waals surface area (Å²) >= 11 is 0. The average molecular weight is 457 g/mol. The van der Waals surface area contributed by atoms with Crippen molar-refractivity contribution in [3.63, 3.8) is 0 Å². The minimum Gasteiger partial charge on any atom is -0.385 e. The predicted octanol–water partition coefficient (Wildman–Crippen LogP) is 4.11. The number of piperidine rings is 1. The first-order chi connectivity index (χ1) is 16.0. The van der Waals surface area contributed by atoms with Crippen molar-refractivity contribution >= 4 is 11.0 Å². The van der Waals surface area contributed by atoms with Crippen LogP contribution in [0.25, 0.3) is 11.0 Å². The van der Waals surface area contributed by atoms with Crippen LogP contribution in [0.15, 0.2) is 27.5 Å². The zero-order chi connectivity index (χ0) is 23.5. The molecule has 1 unspecified atom stereocenters. The summed E-state index contributed by atoms with van der Waals surface area (Å²) in [4.78, 5) is 19.9. The number of rotatable bonds is 4. The van der Waals surface area contributed by atoms with E-state index in [4.69, 9.17) is 4.52 Å². The summed E-state index contributed by atoms with van der Waals surface area (Å²) in [6.45, 7) is 9.13. The average Bonchev–Trinajstić information content (AvgIpc) is 3.24. The molecule has 1 aromatic carbocycles. The van der Waals surface area contributed by atoms with Crippen LogP contribution in [0.3, 0.4) is 0 Å². The highest BCUT2D eigenvalue weighted by atomic mass is 19.1. The third kappa shape index (κ3) is 4.73. The molecule has 0 saturated carbocycles. The molecule has 1 saturated heterocycles. The normalized spacial score (nSPS) is 19.2. The van der Waals surface area contributed by atoms with E-state index in [1.54, 1.807) is 10.6 Å². The number of aliphatic hydroxyl groups is 1. The maximum atomic E-state index is 13.4. The Labute approximate surface area is 193 Å². The second-order valence-electron chi connectivity index (χ2n) is 8.72. The van der Waals surface area contributed by atoms with Gasteiger partial charge in [0.2, 0.25) is 0 Å². The smallest absolute Gasteiger partial charge is 0.257 e. The molecule has 0 bridgehead atoms. The second-order valence-corrected chi connectivity index (χ2v) is 8.72. The molecular weight excluding hydrogens is 423 g/mol. The van der Waals surface area contributed by atoms with Gasteiger partial charge in [-0.15, -0.1) is 0 Å². The highest BCUT2D eigenvalue weighted by Crippen LogP contribution is 2.32. The Hall–Kier alpha value is -2.58. The zero-order valence-electron chi connectivity index (χ0n) is 19.7. The topological polar surface area (TPSA) is 84.4 Å². The summed E-state index contributed by atoms with van der Waals surface area (Å²) in [6.07, 6.45) is 3.38. The lowest BCUT2D eigenvalue weighted by Gasteiger charge is -2.31. The van der Waals surface area contributed by atoms with Gasteiger partial charge in [-0.25, -0.2) is 9.37 Å². The molecule has 33 heavy (non-hydrogen) atoms. The number of aromatic nitrogens is 3. The van der Waals surface area contributed by atoms with Gasteiger partial charge in [0, 0.05) is 41.7 Å². The van der Waals surface area contributed by atoms with E-state index >= 15 is 0 Å². The lowest BCUT2D eigenvalue weighted by molar-refractivity contribution is 0.129. The van der Waals surface area contributed by atoms with Crippen molar-refractivity contribution in [2.45, 2.75) is 71.4 Å². The number of benzene rings is 1. The summed E-state index contributed by atoms with van der Waals surface area (Å²) in [5.74, 6) is 0.489. The molecule has 2 aliphatic heterocycles. The first kappa shape index (κ1) is 23.6. The molecule has 2 aromatic heterocycles. The van der Waals surface area contributed by atoms with E-state index < -0.39 is 6.10 Å². The summed E-state index contributed by atoms with van der Waals surface area (Å²) in [7, 11) is 0. The quantitative estimate of drug-likeness (QED) is 0.636. The number of fused-ring (bicyclic) bond motifs is 2. The summed E-state index contributed by atoms with van der Waals surface area (Å²) < 4.78 is 20.4. The fourth-order valence-corrected chi connectivity index (χ4v) is 4.98. The molecule has 0 radical (unpaired) electrons. The van der Waals surface area contributed by atoms with Crippen LogP contribution >= 0.6 is 0 Å². The molecule has 0 spiro atoms. The van der Waals surface area contributed by atoms with Gasteiger partial charge in [-0.2, -0.15) is 0 Å². The Kier molecular flexibility index (Phi) is 7.24. The summed E-state index contributed by atoms with van der Waals surface area (Å²) in [5, 5.41) is 15.3. The highest BCUT2D eigenvalue weighted by Gasteiger charge is 2.26. The first-order valence-electron chi connectivity index (χ1n) is 12.1. The Bertz CT molecular complexity index is 1160. The van der Waals surface area contributed by atoms with E-state index in [0.717, 1.165) is 61.2 Å². The van der Waals surface area contributed by atoms with Gasteiger partial charge in [-0.05, 0) is 64.3 Å². The third-order valence-electron chi connectivity index (χ3n) is 6.77. The zero-order valence-corrected chi connectivity index (χ0v) is 19.7. The molecule has 8 heteroatoms. The molecule has 1 atom stereocenters. The van der Waals surface area contributed by atoms with Gasteiger partial charge in [0.15, 0.2) is 5.58 Å². The summed E-state index contributed by atoms with van der Waals surface area (Å²) in [5.41, 5.74) is 2.90. The Morgan fingerprint density at radius 1 is 1.18 bits per heavy atom. The van der Waals surface area contributed by atoms with Crippen LogP contribution in [0.1, 0.15) is 74.3 Å². The van der Waals surface area contributed by atoms with Crippen LogP contribution < -0.4 is 5.56 Å². The van der Waals surface area contributed by atoms with Gasteiger partial charge >= 0.3 is 0 Å². The van der Waals surface area contributed by atoms with Crippen LogP contribution in [0, 0.1) is 12.7 Å². The van der Waals surface area contributed by atoms with Gasteiger partial charge in [0.1, 0.15) is 17.7 Å². The van der Waals surface area contributed by atoms with Crippen molar-refractivity contribution in [1.29, 1.82) is 0 Å². The standard InChI is InChI=1S/C23H27FN4O3.C2H6/c1-14-17(23(30)28-9-2-3-19(29)22(28)25-14)8-12-27-10-6-15(7-11-27)21-18-5-4-16(24)13-20(18)31-26-21;1-2/h4-5,13,15,19,29H,2-3,6-12H2,1H3;1-2H3. The molecular formula is C25H33FN4O3. The van der Waals surface area contributed by atoms with Crippen molar-refractivity contribution in [3.05, 3.63) is 57.1 Å². The Balaban J connectivity index is 0.00000126. The van der Waals surface area contributed by atoms with Gasteiger partial charge in [-0.1, -0.05) is 19.0 Å². The monoisotopic (exact) mass is 456 g/mol. The maximum absolute atomic E-state index is 13.4. The number of hydrogen-bond acceptors (Lipinski definition) is 6. The fraction of sp³-hybridized carbons (Fsp3) is 0.560. The van der Waals surface area contributed by atoms with E-state index in [0.29, 0.717) is 36.7 Å². The molecule has 7 nitrogen and oxygen atoms in total. The van der Waals surface area contributed by atoms with Gasteiger partial charge in [0.25, 0.3) is 5.56 Å². The Morgan fingerprint density at radius 3 is 2.70 bits per heavy atom. The first-order valence-corrected chi connectivity index (χ1v) is 12.1. The van der Waals surface area contributed by atoms with Crippen LogP contribution in [-0.4, -0.2) is 44.3 Å². The van der Waals surface area contributed by atoms with Crippen LogP contribution in [-0.2, 0) is 13.0 Å². The molecule has 5 rings (SSSR count). The van der Waals surface area contributed by atoms with Crippen molar-refractivity contribution < 1.29 is 14.0 Å². The Morgan fingerprint density at radius 2 is 1.94 bits per heavy atom. The molecule has 2 aliphatic rings. The lowest BCUT2D eigenvalue weighted by atomic mass is 9.91. The van der Waals surface area contributed by atoms with E-state index in [9.17, 15) is 14.3 Å². The second kappa shape index (κ2) is 10.1. The molecule has 0 amide bonds. The van der Waals surface area contributed by atoms with E-state index in [1.165, 1.54) is 12.1 Å². The summed E-state index contributed by atoms with van der Waals surface area (Å²) in [6, 6.07) is 4.58. The lowest BCUT2D eigenvalue weighted by Crippen LogP contribution is -2.37. The van der Waals surface area contributed by atoms with Crippen LogP contribution in [0.5, 0.6) is 0 Å². The number of aliphatic hydroxyl groups excluding tert-OH is 1. The fourth-order valence-electron chi connectivity index (χ4n) is 4.98. The number of hydrogen-bond donors (Lipinski definition) is 1. The number of halogens is 1. The SMILES string of the molecule is CC.Cc1nc2n(c(=O)c1CCN1CCC(c3noc4cc(F)ccc34)CC1)CCCC2O. The van der Waals surface area contributed by atoms with E-state index in [2.05, 4.69) is 15.0 Å². The highest BCUT2D eigenvalue weighted by molar-refractivity contribution is 5.79. The molecule has 4 heterocycles. The minimum atomic E-state index is -0.641. The molecule has 0 aliphatic carbocycles. The van der Waals surface area contributed by atoms with Gasteiger partial charge < -0.3 is 14.5 Å². The van der Waals surface area contributed by atoms with E-state index in [-0.39, 0.29) is 11.4 Å². The van der Waals surface area contributed by atoms with Crippen molar-refractivity contribution in [2.24, 2.45) is 0 Å². The number of likely N-dealkylation sites (tertiary alicyclic amines) is 1. The van der Waals surface area contributed by atoms with Crippen molar-refractivity contribution in [2.75, 3.05) is 19.6 Å². The van der Waals surface area contributed by atoms with Gasteiger partial charge in [-0.3, -0.25) is 9.36 Å².